The van der Waals surface area contributed by atoms with Gasteiger partial charge in [-0.05, 0) is 12.8 Å². The molecular weight excluding hydrogens is 104 g/mol. The van der Waals surface area contributed by atoms with Crippen LogP contribution in [-0.2, 0) is 0 Å². The van der Waals surface area contributed by atoms with Crippen LogP contribution in [0, 0.1) is 0 Å². The fourth-order valence-electron chi connectivity index (χ4n) is 1.07. The van der Waals surface area contributed by atoms with Gasteiger partial charge in [0.1, 0.15) is 0 Å². The highest BCUT2D eigenvalue weighted by Gasteiger charge is 2.26. The molecular formula is C5H12N2O. The molecule has 1 fully saturated rings. The largest absolute Gasteiger partial charge is 0.393 e. The van der Waals surface area contributed by atoms with E-state index in [0.717, 1.165) is 0 Å². The maximum Gasteiger partial charge on any atom is 0.0571 e. The Labute approximate surface area is 48.7 Å². The van der Waals surface area contributed by atoms with E-state index in [1.165, 1.54) is 0 Å². The van der Waals surface area contributed by atoms with Crippen LogP contribution in [0.5, 0.6) is 0 Å². The van der Waals surface area contributed by atoms with Gasteiger partial charge in [0, 0.05) is 12.1 Å². The summed E-state index contributed by atoms with van der Waals surface area (Å²) in [5.74, 6) is 0. The van der Waals surface area contributed by atoms with Crippen LogP contribution in [0.25, 0.3) is 0 Å². The molecule has 1 aliphatic rings. The molecule has 0 aromatic rings. The zero-order valence-electron chi connectivity index (χ0n) is 4.75. The number of nitrogens with two attached hydrogens (primary N) is 2. The van der Waals surface area contributed by atoms with E-state index in [2.05, 4.69) is 0 Å². The van der Waals surface area contributed by atoms with E-state index < -0.39 is 0 Å². The molecule has 0 aromatic carbocycles. The van der Waals surface area contributed by atoms with Crippen molar-refractivity contribution in [2.24, 2.45) is 11.5 Å². The fraction of sp³-hybridized carbons (Fsp3) is 1.00. The highest BCUT2D eigenvalue weighted by atomic mass is 16.3. The number of aliphatic hydroxyl groups excluding tert-OH is 1. The van der Waals surface area contributed by atoms with Crippen LogP contribution < -0.4 is 11.5 Å². The summed E-state index contributed by atoms with van der Waals surface area (Å²) in [6.45, 7) is 0. The van der Waals surface area contributed by atoms with Gasteiger partial charge in [0.05, 0.1) is 6.10 Å². The van der Waals surface area contributed by atoms with Gasteiger partial charge >= 0.3 is 0 Å². The molecule has 0 bridgehead atoms. The molecule has 0 aromatic heterocycles. The lowest BCUT2D eigenvalue weighted by Crippen LogP contribution is -2.35. The van der Waals surface area contributed by atoms with E-state index in [4.69, 9.17) is 16.6 Å². The Bertz CT molecular complexity index is 76.5. The van der Waals surface area contributed by atoms with Crippen molar-refractivity contribution in [1.29, 1.82) is 0 Å². The van der Waals surface area contributed by atoms with Crippen LogP contribution in [0.1, 0.15) is 12.8 Å². The third-order valence-electron chi connectivity index (χ3n) is 1.64. The summed E-state index contributed by atoms with van der Waals surface area (Å²) in [5, 5.41) is 8.91. The van der Waals surface area contributed by atoms with Crippen LogP contribution in [0.15, 0.2) is 0 Å². The third-order valence-corrected chi connectivity index (χ3v) is 1.64. The fourth-order valence-corrected chi connectivity index (χ4v) is 1.07. The molecule has 0 radical (unpaired) electrons. The minimum Gasteiger partial charge on any atom is -0.393 e. The van der Waals surface area contributed by atoms with Crippen molar-refractivity contribution in [1.82, 2.24) is 0 Å². The van der Waals surface area contributed by atoms with Crippen molar-refractivity contribution >= 4 is 0 Å². The van der Waals surface area contributed by atoms with Crippen molar-refractivity contribution in [3.8, 4) is 0 Å². The van der Waals surface area contributed by atoms with Gasteiger partial charge in [-0.15, -0.1) is 0 Å². The van der Waals surface area contributed by atoms with Crippen LogP contribution in [0.4, 0.5) is 0 Å². The Balaban J connectivity index is 2.39. The van der Waals surface area contributed by atoms with Crippen molar-refractivity contribution in [3.63, 3.8) is 0 Å². The number of aliphatic hydroxyl groups is 1. The Morgan fingerprint density at radius 3 is 1.62 bits per heavy atom. The van der Waals surface area contributed by atoms with E-state index in [-0.39, 0.29) is 18.2 Å². The molecule has 1 aliphatic carbocycles. The van der Waals surface area contributed by atoms with Gasteiger partial charge in [0.2, 0.25) is 0 Å². The second-order valence-corrected chi connectivity index (χ2v) is 2.45. The van der Waals surface area contributed by atoms with E-state index in [0.29, 0.717) is 12.8 Å². The lowest BCUT2D eigenvalue weighted by Gasteiger charge is -2.05. The Hall–Kier alpha value is -0.120. The van der Waals surface area contributed by atoms with Crippen LogP contribution >= 0.6 is 0 Å². The van der Waals surface area contributed by atoms with Gasteiger partial charge in [0.25, 0.3) is 0 Å². The SMILES string of the molecule is NC1CC(O)CC1N. The third kappa shape index (κ3) is 0.992. The standard InChI is InChI=1S/C5H12N2O/c6-4-1-3(8)2-5(4)7/h3-5,8H,1-2,6-7H2. The zero-order valence-corrected chi connectivity index (χ0v) is 4.75. The maximum absolute atomic E-state index is 8.91. The molecule has 0 saturated heterocycles. The first-order chi connectivity index (χ1) is 3.70. The molecule has 3 nitrogen and oxygen atoms in total. The Morgan fingerprint density at radius 1 is 1.12 bits per heavy atom. The summed E-state index contributed by atoms with van der Waals surface area (Å²) < 4.78 is 0. The molecule has 1 rings (SSSR count). The predicted octanol–water partition coefficient (Wildman–Crippen LogP) is -1.20. The minimum absolute atomic E-state index is 0.0185. The normalized spacial score (nSPS) is 47.6. The summed E-state index contributed by atoms with van der Waals surface area (Å²) in [4.78, 5) is 0. The minimum atomic E-state index is -0.250. The average Bonchev–Trinajstić information content (AvgIpc) is 1.85. The second kappa shape index (κ2) is 2.01. The highest BCUT2D eigenvalue weighted by Crippen LogP contribution is 2.15. The first-order valence-corrected chi connectivity index (χ1v) is 2.89. The molecule has 0 aliphatic heterocycles. The van der Waals surface area contributed by atoms with Crippen LogP contribution in [0.2, 0.25) is 0 Å². The molecule has 3 heteroatoms. The summed E-state index contributed by atoms with van der Waals surface area (Å²) in [6, 6.07) is 0.0370. The van der Waals surface area contributed by atoms with Crippen LogP contribution in [0.3, 0.4) is 0 Å². The predicted molar refractivity (Wildman–Crippen MR) is 31.2 cm³/mol. The Morgan fingerprint density at radius 2 is 1.50 bits per heavy atom. The number of hydrogen-bond donors (Lipinski definition) is 3. The maximum atomic E-state index is 8.91. The van der Waals surface area contributed by atoms with Crippen LogP contribution in [-0.4, -0.2) is 23.3 Å². The number of rotatable bonds is 0. The van der Waals surface area contributed by atoms with E-state index >= 15 is 0 Å². The van der Waals surface area contributed by atoms with Crippen molar-refractivity contribution in [3.05, 3.63) is 0 Å². The van der Waals surface area contributed by atoms with E-state index in [1.807, 2.05) is 0 Å². The van der Waals surface area contributed by atoms with Gasteiger partial charge in [-0.2, -0.15) is 0 Å². The molecule has 0 heterocycles. The van der Waals surface area contributed by atoms with E-state index in [9.17, 15) is 0 Å². The first-order valence-electron chi connectivity index (χ1n) is 2.89. The topological polar surface area (TPSA) is 72.3 Å². The molecule has 2 atom stereocenters. The van der Waals surface area contributed by atoms with Gasteiger partial charge in [0.15, 0.2) is 0 Å². The second-order valence-electron chi connectivity index (χ2n) is 2.45. The summed E-state index contributed by atoms with van der Waals surface area (Å²) >= 11 is 0. The molecule has 5 N–H and O–H groups in total. The Kier molecular flexibility index (Phi) is 1.51. The van der Waals surface area contributed by atoms with Gasteiger partial charge < -0.3 is 16.6 Å². The number of hydrogen-bond acceptors (Lipinski definition) is 3. The average molecular weight is 116 g/mol. The van der Waals surface area contributed by atoms with Crippen molar-refractivity contribution in [2.75, 3.05) is 0 Å². The molecule has 8 heavy (non-hydrogen) atoms. The molecule has 0 spiro atoms. The van der Waals surface area contributed by atoms with E-state index in [1.54, 1.807) is 0 Å². The lowest BCUT2D eigenvalue weighted by molar-refractivity contribution is 0.180. The summed E-state index contributed by atoms with van der Waals surface area (Å²) in [6.07, 6.45) is 1.09. The molecule has 2 unspecified atom stereocenters. The van der Waals surface area contributed by atoms with Crippen molar-refractivity contribution in [2.45, 2.75) is 31.0 Å². The van der Waals surface area contributed by atoms with Gasteiger partial charge in [-0.25, -0.2) is 0 Å². The quantitative estimate of drug-likeness (QED) is 0.372. The van der Waals surface area contributed by atoms with Gasteiger partial charge in [-0.1, -0.05) is 0 Å². The summed E-state index contributed by atoms with van der Waals surface area (Å²) in [7, 11) is 0. The molecule has 48 valence electrons. The van der Waals surface area contributed by atoms with Gasteiger partial charge in [-0.3, -0.25) is 0 Å². The molecule has 1 saturated carbocycles. The lowest BCUT2D eigenvalue weighted by atomic mass is 10.2. The monoisotopic (exact) mass is 116 g/mol. The zero-order chi connectivity index (χ0) is 6.15. The highest BCUT2D eigenvalue weighted by molar-refractivity contribution is 4.88. The smallest absolute Gasteiger partial charge is 0.0571 e. The first kappa shape index (κ1) is 6.01. The van der Waals surface area contributed by atoms with Crippen molar-refractivity contribution < 1.29 is 5.11 Å². The summed E-state index contributed by atoms with van der Waals surface area (Å²) in [5.41, 5.74) is 11.0. The molecule has 0 amide bonds.